The molecule has 0 saturated heterocycles. The van der Waals surface area contributed by atoms with Crippen molar-refractivity contribution in [2.24, 2.45) is 0 Å². The van der Waals surface area contributed by atoms with Gasteiger partial charge in [-0.3, -0.25) is 14.4 Å². The monoisotopic (exact) mass is 1060 g/mol. The van der Waals surface area contributed by atoms with Gasteiger partial charge in [0.15, 0.2) is 6.10 Å². The van der Waals surface area contributed by atoms with Crippen molar-refractivity contribution in [3.05, 3.63) is 97.2 Å². The van der Waals surface area contributed by atoms with Crippen LogP contribution in [0.3, 0.4) is 0 Å². The molecule has 0 spiro atoms. The second-order valence-electron chi connectivity index (χ2n) is 21.3. The van der Waals surface area contributed by atoms with Crippen LogP contribution in [-0.4, -0.2) is 37.2 Å². The first-order valence-corrected chi connectivity index (χ1v) is 32.2. The van der Waals surface area contributed by atoms with E-state index >= 15 is 0 Å². The van der Waals surface area contributed by atoms with Crippen molar-refractivity contribution < 1.29 is 28.6 Å². The molecule has 0 heterocycles. The Kier molecular flexibility index (Phi) is 60.8. The maximum atomic E-state index is 12.9. The van der Waals surface area contributed by atoms with Crippen LogP contribution in [0.2, 0.25) is 0 Å². The lowest BCUT2D eigenvalue weighted by atomic mass is 10.0. The third kappa shape index (κ3) is 61.2. The van der Waals surface area contributed by atoms with E-state index in [1.807, 2.05) is 0 Å². The number of hydrogen-bond donors (Lipinski definition) is 0. The van der Waals surface area contributed by atoms with Gasteiger partial charge in [0, 0.05) is 19.3 Å². The fourth-order valence-corrected chi connectivity index (χ4v) is 9.05. The molecule has 6 nitrogen and oxygen atoms in total. The summed E-state index contributed by atoms with van der Waals surface area (Å²) in [5.41, 5.74) is 0. The molecule has 0 bridgehead atoms. The molecule has 0 radical (unpaired) electrons. The van der Waals surface area contributed by atoms with Crippen molar-refractivity contribution in [2.45, 2.75) is 316 Å². The second kappa shape index (κ2) is 63.9. The first-order chi connectivity index (χ1) is 37.5. The molecule has 0 aromatic heterocycles. The van der Waals surface area contributed by atoms with Crippen LogP contribution in [0, 0.1) is 0 Å². The fourth-order valence-electron chi connectivity index (χ4n) is 9.05. The Morgan fingerprint density at radius 3 is 0.803 bits per heavy atom. The van der Waals surface area contributed by atoms with E-state index in [0.717, 1.165) is 109 Å². The molecular formula is C70H120O6. The summed E-state index contributed by atoms with van der Waals surface area (Å²) >= 11 is 0. The smallest absolute Gasteiger partial charge is 0.306 e. The molecule has 6 heteroatoms. The fraction of sp³-hybridized carbons (Fsp3) is 0.729. The molecule has 76 heavy (non-hydrogen) atoms. The zero-order chi connectivity index (χ0) is 55.0. The minimum absolute atomic E-state index is 0.0872. The number of unbranched alkanes of at least 4 members (excludes halogenated alkanes) is 31. The van der Waals surface area contributed by atoms with Gasteiger partial charge in [-0.05, 0) is 83.5 Å². The summed E-state index contributed by atoms with van der Waals surface area (Å²) in [5, 5.41) is 0. The Morgan fingerprint density at radius 2 is 0.513 bits per heavy atom. The van der Waals surface area contributed by atoms with Crippen LogP contribution in [0.1, 0.15) is 310 Å². The van der Waals surface area contributed by atoms with Gasteiger partial charge in [-0.15, -0.1) is 0 Å². The maximum absolute atomic E-state index is 12.9. The Labute approximate surface area is 470 Å². The van der Waals surface area contributed by atoms with E-state index in [0.29, 0.717) is 19.3 Å². The van der Waals surface area contributed by atoms with Crippen LogP contribution in [0.15, 0.2) is 97.2 Å². The Morgan fingerprint density at radius 1 is 0.276 bits per heavy atom. The number of esters is 3. The molecule has 0 aliphatic heterocycles. The predicted octanol–water partition coefficient (Wildman–Crippen LogP) is 22.0. The minimum Gasteiger partial charge on any atom is -0.462 e. The normalized spacial score (nSPS) is 12.7. The van der Waals surface area contributed by atoms with E-state index in [9.17, 15) is 14.4 Å². The summed E-state index contributed by atoms with van der Waals surface area (Å²) < 4.78 is 16.9. The first kappa shape index (κ1) is 72.3. The number of carbonyl (C=O) groups is 3. The number of allylic oxidation sites excluding steroid dienone is 16. The minimum atomic E-state index is -0.794. The molecule has 0 amide bonds. The van der Waals surface area contributed by atoms with Gasteiger partial charge in [0.05, 0.1) is 0 Å². The number of ether oxygens (including phenoxy) is 3. The van der Waals surface area contributed by atoms with Crippen molar-refractivity contribution >= 4 is 17.9 Å². The highest BCUT2D eigenvalue weighted by molar-refractivity contribution is 5.71. The summed E-state index contributed by atoms with van der Waals surface area (Å²) in [6.07, 6.45) is 85.6. The summed E-state index contributed by atoms with van der Waals surface area (Å²) in [5.74, 6) is -0.919. The summed E-state index contributed by atoms with van der Waals surface area (Å²) in [6.45, 7) is 6.52. The SMILES string of the molecule is CC/C=C\C/C=C\C/C=C\C/C=C\C/C=C\C/C=C\C/C=C\C/C=C\CCCCC(=O)OCC(COC(=O)CCCCCCCCCCCCCCC)OC(=O)CCCCCCCCCCCCCCCCCCCC. The Balaban J connectivity index is 4.40. The highest BCUT2D eigenvalue weighted by atomic mass is 16.6. The standard InChI is InChI=1S/C70H120O6/c1-4-7-10-13-16-19-22-25-27-29-31-32-33-34-35-36-37-38-39-41-42-45-48-51-54-57-60-63-69(72)75-66-67(65-74-68(71)62-59-56-53-50-47-44-24-21-18-15-12-9-6-3)76-70(73)64-61-58-55-52-49-46-43-40-30-28-26-23-20-17-14-11-8-5-2/h7,10,16,19,25,27,31-32,34-35,37-38,41-42,48,51,67H,4-6,8-9,11-15,17-18,20-24,26,28-30,33,36,39-40,43-47,49-50,52-66H2,1-3H3/b10-7-,19-16-,27-25-,32-31-,35-34-,38-37-,42-41-,51-48-. The zero-order valence-electron chi connectivity index (χ0n) is 50.0. The predicted molar refractivity (Wildman–Crippen MR) is 330 cm³/mol. The van der Waals surface area contributed by atoms with Crippen LogP contribution >= 0.6 is 0 Å². The van der Waals surface area contributed by atoms with E-state index in [-0.39, 0.29) is 31.1 Å². The summed E-state index contributed by atoms with van der Waals surface area (Å²) in [7, 11) is 0. The molecule has 0 N–H and O–H groups in total. The topological polar surface area (TPSA) is 78.9 Å². The Bertz CT molecular complexity index is 1490. The number of hydrogen-bond acceptors (Lipinski definition) is 6. The maximum Gasteiger partial charge on any atom is 0.306 e. The molecule has 1 unspecified atom stereocenters. The van der Waals surface area contributed by atoms with Crippen LogP contribution in [0.4, 0.5) is 0 Å². The third-order valence-electron chi connectivity index (χ3n) is 13.9. The Hall–Kier alpha value is -3.67. The zero-order valence-corrected chi connectivity index (χ0v) is 50.0. The first-order valence-electron chi connectivity index (χ1n) is 32.2. The molecule has 0 aromatic rings. The molecule has 0 aliphatic carbocycles. The summed E-state index contributed by atoms with van der Waals surface area (Å²) in [6, 6.07) is 0. The number of rotatable bonds is 58. The van der Waals surface area contributed by atoms with Crippen LogP contribution in [-0.2, 0) is 28.6 Å². The van der Waals surface area contributed by atoms with E-state index in [4.69, 9.17) is 14.2 Å². The van der Waals surface area contributed by atoms with Gasteiger partial charge in [-0.2, -0.15) is 0 Å². The van der Waals surface area contributed by atoms with Gasteiger partial charge in [0.25, 0.3) is 0 Å². The van der Waals surface area contributed by atoms with E-state index in [2.05, 4.69) is 118 Å². The van der Waals surface area contributed by atoms with Crippen molar-refractivity contribution in [2.75, 3.05) is 13.2 Å². The van der Waals surface area contributed by atoms with Gasteiger partial charge >= 0.3 is 17.9 Å². The molecule has 0 aromatic carbocycles. The highest BCUT2D eigenvalue weighted by Crippen LogP contribution is 2.17. The van der Waals surface area contributed by atoms with Crippen molar-refractivity contribution in [3.8, 4) is 0 Å². The molecule has 1 atom stereocenters. The molecule has 436 valence electrons. The summed E-state index contributed by atoms with van der Waals surface area (Å²) in [4.78, 5) is 38.3. The highest BCUT2D eigenvalue weighted by Gasteiger charge is 2.19. The van der Waals surface area contributed by atoms with Crippen molar-refractivity contribution in [1.29, 1.82) is 0 Å². The average molecular weight is 1060 g/mol. The van der Waals surface area contributed by atoms with Crippen molar-refractivity contribution in [1.82, 2.24) is 0 Å². The molecule has 0 saturated carbocycles. The van der Waals surface area contributed by atoms with Gasteiger partial charge in [-0.1, -0.05) is 304 Å². The van der Waals surface area contributed by atoms with Gasteiger partial charge in [-0.25, -0.2) is 0 Å². The van der Waals surface area contributed by atoms with Crippen LogP contribution in [0.25, 0.3) is 0 Å². The van der Waals surface area contributed by atoms with Crippen LogP contribution in [0.5, 0.6) is 0 Å². The lowest BCUT2D eigenvalue weighted by Gasteiger charge is -2.18. The van der Waals surface area contributed by atoms with E-state index in [1.165, 1.54) is 161 Å². The molecule has 0 aliphatic rings. The van der Waals surface area contributed by atoms with Gasteiger partial charge in [0.1, 0.15) is 13.2 Å². The quantitative estimate of drug-likeness (QED) is 0.0261. The largest absolute Gasteiger partial charge is 0.462 e. The lowest BCUT2D eigenvalue weighted by molar-refractivity contribution is -0.167. The molecule has 0 fully saturated rings. The third-order valence-corrected chi connectivity index (χ3v) is 13.9. The molecule has 0 rings (SSSR count). The molecular weight excluding hydrogens is 937 g/mol. The number of carbonyl (C=O) groups excluding carboxylic acids is 3. The van der Waals surface area contributed by atoms with Crippen LogP contribution < -0.4 is 0 Å². The van der Waals surface area contributed by atoms with Crippen molar-refractivity contribution in [3.63, 3.8) is 0 Å². The van der Waals surface area contributed by atoms with Gasteiger partial charge in [0.2, 0.25) is 0 Å². The van der Waals surface area contributed by atoms with Gasteiger partial charge < -0.3 is 14.2 Å². The van der Waals surface area contributed by atoms with E-state index in [1.54, 1.807) is 0 Å². The van der Waals surface area contributed by atoms with E-state index < -0.39 is 6.10 Å². The second-order valence-corrected chi connectivity index (χ2v) is 21.3. The lowest BCUT2D eigenvalue weighted by Crippen LogP contribution is -2.30. The average Bonchev–Trinajstić information content (AvgIpc) is 3.42.